The summed E-state index contributed by atoms with van der Waals surface area (Å²) in [6, 6.07) is 8.48. The highest BCUT2D eigenvalue weighted by Gasteiger charge is 2.16. The molecule has 0 aliphatic carbocycles. The van der Waals surface area contributed by atoms with Crippen molar-refractivity contribution in [2.75, 3.05) is 12.8 Å². The van der Waals surface area contributed by atoms with E-state index in [1.54, 1.807) is 18.3 Å². The molecule has 0 fully saturated rings. The van der Waals surface area contributed by atoms with Gasteiger partial charge >= 0.3 is 0 Å². The third-order valence-electron chi connectivity index (χ3n) is 3.99. The van der Waals surface area contributed by atoms with E-state index >= 15 is 0 Å². The highest BCUT2D eigenvalue weighted by Crippen LogP contribution is 2.17. The Hall–Kier alpha value is -1.70. The zero-order valence-corrected chi connectivity index (χ0v) is 14.4. The van der Waals surface area contributed by atoms with Gasteiger partial charge in [-0.25, -0.2) is 8.42 Å². The van der Waals surface area contributed by atoms with Gasteiger partial charge in [0.25, 0.3) is 0 Å². The predicted octanol–water partition coefficient (Wildman–Crippen LogP) is 1.56. The summed E-state index contributed by atoms with van der Waals surface area (Å²) in [5.74, 6) is 0. The van der Waals surface area contributed by atoms with E-state index in [1.807, 2.05) is 23.9 Å². The summed E-state index contributed by atoms with van der Waals surface area (Å²) in [4.78, 5) is 0.252. The summed E-state index contributed by atoms with van der Waals surface area (Å²) < 4.78 is 24.7. The second kappa shape index (κ2) is 7.25. The first-order chi connectivity index (χ1) is 10.8. The minimum absolute atomic E-state index is 0.125. The fourth-order valence-electron chi connectivity index (χ4n) is 2.27. The summed E-state index contributed by atoms with van der Waals surface area (Å²) in [5, 5.41) is 17.7. The van der Waals surface area contributed by atoms with Gasteiger partial charge in [0, 0.05) is 31.2 Å². The molecule has 0 amide bonds. The number of hydrogen-bond donors (Lipinski definition) is 2. The fourth-order valence-corrected chi connectivity index (χ4v) is 2.90. The number of aromatic nitrogens is 2. The van der Waals surface area contributed by atoms with Crippen LogP contribution in [0.4, 0.5) is 0 Å². The van der Waals surface area contributed by atoms with Crippen LogP contribution in [0.1, 0.15) is 31.6 Å². The molecule has 1 aromatic carbocycles. The molecule has 0 spiro atoms. The molecule has 2 rings (SSSR count). The monoisotopic (exact) mass is 337 g/mol. The highest BCUT2D eigenvalue weighted by molar-refractivity contribution is 7.90. The maximum absolute atomic E-state index is 11.4. The van der Waals surface area contributed by atoms with Gasteiger partial charge in [-0.3, -0.25) is 4.68 Å². The number of rotatable bonds is 7. The molecule has 0 aliphatic rings. The quantitative estimate of drug-likeness (QED) is 0.801. The molecular formula is C16H23N3O3S. The summed E-state index contributed by atoms with van der Waals surface area (Å²) in [5.41, 5.74) is 0.684. The van der Waals surface area contributed by atoms with Crippen molar-refractivity contribution in [1.82, 2.24) is 15.1 Å². The van der Waals surface area contributed by atoms with Crippen molar-refractivity contribution >= 4 is 9.84 Å². The number of hydrogen-bond acceptors (Lipinski definition) is 5. The van der Waals surface area contributed by atoms with E-state index in [0.717, 1.165) is 0 Å². The van der Waals surface area contributed by atoms with Crippen molar-refractivity contribution in [3.63, 3.8) is 0 Å². The van der Waals surface area contributed by atoms with Gasteiger partial charge in [0.15, 0.2) is 9.84 Å². The van der Waals surface area contributed by atoms with Crippen LogP contribution in [0.25, 0.3) is 0 Å². The van der Waals surface area contributed by atoms with Crippen molar-refractivity contribution in [1.29, 1.82) is 0 Å². The number of aliphatic hydroxyl groups is 1. The van der Waals surface area contributed by atoms with E-state index in [1.165, 1.54) is 18.4 Å². The van der Waals surface area contributed by atoms with E-state index in [4.69, 9.17) is 0 Å². The average Bonchev–Trinajstić information content (AvgIpc) is 3.05. The third kappa shape index (κ3) is 4.63. The molecule has 0 radical (unpaired) electrons. The first kappa shape index (κ1) is 17.7. The molecule has 0 aliphatic heterocycles. The van der Waals surface area contributed by atoms with E-state index in [2.05, 4.69) is 17.3 Å². The van der Waals surface area contributed by atoms with Crippen LogP contribution < -0.4 is 5.32 Å². The van der Waals surface area contributed by atoms with Gasteiger partial charge in [0.05, 0.1) is 17.0 Å². The lowest BCUT2D eigenvalue weighted by atomic mass is 10.1. The second-order valence-electron chi connectivity index (χ2n) is 5.78. The Kier molecular flexibility index (Phi) is 5.56. The maximum Gasteiger partial charge on any atom is 0.175 e. The van der Waals surface area contributed by atoms with Gasteiger partial charge in [-0.05, 0) is 37.6 Å². The smallest absolute Gasteiger partial charge is 0.175 e. The molecule has 2 aromatic rings. The number of nitrogens with zero attached hydrogens (tertiary/aromatic N) is 2. The molecule has 7 heteroatoms. The Bertz CT molecular complexity index is 712. The van der Waals surface area contributed by atoms with E-state index in [-0.39, 0.29) is 17.0 Å². The lowest BCUT2D eigenvalue weighted by molar-refractivity contribution is 0.165. The van der Waals surface area contributed by atoms with Gasteiger partial charge in [-0.1, -0.05) is 12.1 Å². The normalized spacial score (nSPS) is 16.0. The number of sulfone groups is 1. The van der Waals surface area contributed by atoms with Crippen molar-refractivity contribution in [3.05, 3.63) is 48.3 Å². The molecule has 0 saturated heterocycles. The van der Waals surface area contributed by atoms with Crippen LogP contribution in [0, 0.1) is 0 Å². The van der Waals surface area contributed by atoms with Crippen LogP contribution in [0.2, 0.25) is 0 Å². The lowest BCUT2D eigenvalue weighted by Crippen LogP contribution is -2.36. The summed E-state index contributed by atoms with van der Waals surface area (Å²) >= 11 is 0. The molecule has 2 N–H and O–H groups in total. The van der Waals surface area contributed by atoms with Crippen LogP contribution in [0.15, 0.2) is 47.6 Å². The first-order valence-electron chi connectivity index (χ1n) is 7.49. The summed E-state index contributed by atoms with van der Waals surface area (Å²) in [6.45, 7) is 4.47. The second-order valence-corrected chi connectivity index (χ2v) is 7.80. The molecular weight excluding hydrogens is 314 g/mol. The Balaban J connectivity index is 1.93. The van der Waals surface area contributed by atoms with E-state index in [0.29, 0.717) is 12.1 Å². The zero-order valence-electron chi connectivity index (χ0n) is 13.5. The first-order valence-corrected chi connectivity index (χ1v) is 9.39. The molecule has 0 bridgehead atoms. The van der Waals surface area contributed by atoms with Gasteiger partial charge in [0.1, 0.15) is 0 Å². The molecule has 23 heavy (non-hydrogen) atoms. The third-order valence-corrected chi connectivity index (χ3v) is 5.12. The van der Waals surface area contributed by atoms with Crippen LogP contribution in [-0.4, -0.2) is 42.1 Å². The number of aliphatic hydroxyl groups excluding tert-OH is 1. The highest BCUT2D eigenvalue weighted by atomic mass is 32.2. The average molecular weight is 337 g/mol. The minimum atomic E-state index is -3.21. The maximum atomic E-state index is 11.4. The lowest BCUT2D eigenvalue weighted by Gasteiger charge is -2.23. The van der Waals surface area contributed by atoms with E-state index < -0.39 is 15.9 Å². The van der Waals surface area contributed by atoms with Crippen molar-refractivity contribution in [3.8, 4) is 0 Å². The van der Waals surface area contributed by atoms with Crippen LogP contribution in [0.3, 0.4) is 0 Å². The van der Waals surface area contributed by atoms with E-state index in [9.17, 15) is 13.5 Å². The summed E-state index contributed by atoms with van der Waals surface area (Å²) in [7, 11) is -3.21. The largest absolute Gasteiger partial charge is 0.387 e. The van der Waals surface area contributed by atoms with Gasteiger partial charge in [-0.15, -0.1) is 0 Å². The van der Waals surface area contributed by atoms with Gasteiger partial charge in [-0.2, -0.15) is 5.10 Å². The topological polar surface area (TPSA) is 84.2 Å². The summed E-state index contributed by atoms with van der Waals surface area (Å²) in [6.07, 6.45) is 4.11. The Morgan fingerprint density at radius 1 is 1.26 bits per heavy atom. The Morgan fingerprint density at radius 2 is 1.91 bits per heavy atom. The number of benzene rings is 1. The molecule has 6 nitrogen and oxygen atoms in total. The fraction of sp³-hybridized carbons (Fsp3) is 0.438. The van der Waals surface area contributed by atoms with Gasteiger partial charge in [0.2, 0.25) is 0 Å². The number of nitrogens with one attached hydrogen (secondary N) is 1. The molecule has 3 unspecified atom stereocenters. The van der Waals surface area contributed by atoms with Crippen LogP contribution in [0.5, 0.6) is 0 Å². The van der Waals surface area contributed by atoms with Crippen molar-refractivity contribution in [2.45, 2.75) is 36.9 Å². The van der Waals surface area contributed by atoms with Crippen molar-refractivity contribution < 1.29 is 13.5 Å². The van der Waals surface area contributed by atoms with Crippen LogP contribution >= 0.6 is 0 Å². The molecule has 3 atom stereocenters. The Morgan fingerprint density at radius 3 is 2.43 bits per heavy atom. The van der Waals surface area contributed by atoms with Gasteiger partial charge < -0.3 is 10.4 Å². The SMILES string of the molecule is CC(NCC(O)c1ccc(S(C)(=O)=O)cc1)C(C)n1cccn1. The minimum Gasteiger partial charge on any atom is -0.387 e. The Labute approximate surface area is 137 Å². The van der Waals surface area contributed by atoms with Crippen molar-refractivity contribution in [2.24, 2.45) is 0 Å². The molecule has 0 saturated carbocycles. The molecule has 1 heterocycles. The molecule has 126 valence electrons. The van der Waals surface area contributed by atoms with Crippen LogP contribution in [-0.2, 0) is 9.84 Å². The zero-order chi connectivity index (χ0) is 17.0. The predicted molar refractivity (Wildman–Crippen MR) is 88.9 cm³/mol. The standard InChI is InChI=1S/C16H23N3O3S/c1-12(13(2)19-10-4-9-18-19)17-11-16(20)14-5-7-15(8-6-14)23(3,21)22/h4-10,12-13,16-17,20H,11H2,1-3H3. The molecule has 1 aromatic heterocycles.